The van der Waals surface area contributed by atoms with Crippen LogP contribution in [-0.4, -0.2) is 26.3 Å². The fraction of sp³-hybridized carbons (Fsp3) is 0.458. The first-order valence-electron chi connectivity index (χ1n) is 9.83. The standard InChI is InChI=1S/C12H17Br.C11H15BrO.CO2.B.Na.H/c1-4-5-6-11-7-9(2)12(13)10(3)8-11;1-8-6-10(4-3-5-13)7-9(2)11(8)12;2-1-3;;;/h7-8H,4-6H2,1-3H3;6-7,13H,3-5H2,1-2H3;;;;/q;;;;+1;-1. The topological polar surface area (TPSA) is 54.4 Å². The van der Waals surface area contributed by atoms with Crippen LogP contribution >= 0.6 is 31.9 Å². The summed E-state index contributed by atoms with van der Waals surface area (Å²) in [6, 6.07) is 8.92. The van der Waals surface area contributed by atoms with Crippen LogP contribution in [0.15, 0.2) is 33.2 Å². The Balaban J connectivity index is -0.000000201. The number of halogens is 2. The zero-order chi connectivity index (χ0) is 22.4. The normalized spacial score (nSPS) is 9.03. The van der Waals surface area contributed by atoms with E-state index in [1.807, 2.05) is 0 Å². The van der Waals surface area contributed by atoms with Gasteiger partial charge in [0.2, 0.25) is 0 Å². The number of rotatable bonds is 6. The smallest absolute Gasteiger partial charge is 1.00 e. The molecule has 2 aromatic carbocycles. The van der Waals surface area contributed by atoms with Gasteiger partial charge in [0.05, 0.1) is 0 Å². The van der Waals surface area contributed by atoms with Gasteiger partial charge in [0.25, 0.3) is 0 Å². The van der Waals surface area contributed by atoms with E-state index in [1.54, 1.807) is 0 Å². The molecule has 165 valence electrons. The Morgan fingerprint density at radius 2 is 1.10 bits per heavy atom. The molecule has 0 heterocycles. The van der Waals surface area contributed by atoms with Crippen LogP contribution in [0.4, 0.5) is 0 Å². The Bertz CT molecular complexity index is 706. The molecule has 0 amide bonds. The van der Waals surface area contributed by atoms with E-state index in [9.17, 15) is 0 Å². The Hall–Kier alpha value is -0.195. The SMILES string of the molecule is CCCCc1cc(C)c(Br)c(C)c1.Cc1cc(CCCO)cc(C)c1Br.O=C=O.[B].[H-].[Na+]. The number of benzene rings is 2. The van der Waals surface area contributed by atoms with Crippen molar-refractivity contribution in [1.29, 1.82) is 0 Å². The molecule has 0 unspecified atom stereocenters. The fourth-order valence-corrected chi connectivity index (χ4v) is 3.48. The van der Waals surface area contributed by atoms with Crippen molar-refractivity contribution in [3.8, 4) is 0 Å². The minimum absolute atomic E-state index is 0. The number of aryl methyl sites for hydroxylation is 6. The van der Waals surface area contributed by atoms with Gasteiger partial charge >= 0.3 is 35.7 Å². The van der Waals surface area contributed by atoms with Gasteiger partial charge < -0.3 is 6.53 Å². The monoisotopic (exact) mass is 561 g/mol. The summed E-state index contributed by atoms with van der Waals surface area (Å²) in [4.78, 5) is 16.2. The van der Waals surface area contributed by atoms with Crippen LogP contribution in [0.5, 0.6) is 0 Å². The summed E-state index contributed by atoms with van der Waals surface area (Å²) in [5.41, 5.74) is 8.03. The molecule has 1 N–H and O–H groups in total. The Kier molecular flexibility index (Phi) is 23.3. The number of aliphatic hydroxyl groups excluding tert-OH is 1. The van der Waals surface area contributed by atoms with Crippen molar-refractivity contribution in [2.75, 3.05) is 6.61 Å². The molecule has 3 nitrogen and oxygen atoms in total. The van der Waals surface area contributed by atoms with Gasteiger partial charge in [-0.3, -0.25) is 0 Å². The maximum absolute atomic E-state index is 8.71. The maximum Gasteiger partial charge on any atom is 1.00 e. The van der Waals surface area contributed by atoms with E-state index < -0.39 is 0 Å². The Morgan fingerprint density at radius 1 is 0.806 bits per heavy atom. The summed E-state index contributed by atoms with van der Waals surface area (Å²) in [7, 11) is 0. The second-order valence-electron chi connectivity index (χ2n) is 7.10. The van der Waals surface area contributed by atoms with E-state index in [0.717, 1.165) is 12.8 Å². The van der Waals surface area contributed by atoms with Crippen LogP contribution in [0.25, 0.3) is 0 Å². The summed E-state index contributed by atoms with van der Waals surface area (Å²) in [5.74, 6) is 0. The summed E-state index contributed by atoms with van der Waals surface area (Å²) < 4.78 is 2.45. The Morgan fingerprint density at radius 3 is 1.35 bits per heavy atom. The van der Waals surface area contributed by atoms with E-state index in [2.05, 4.69) is 90.7 Å². The number of hydrogen-bond donors (Lipinski definition) is 1. The van der Waals surface area contributed by atoms with Gasteiger partial charge in [-0.1, -0.05) is 69.5 Å². The Labute approximate surface area is 230 Å². The van der Waals surface area contributed by atoms with Gasteiger partial charge in [-0.05, 0) is 86.8 Å². The molecule has 7 heteroatoms. The predicted octanol–water partition coefficient (Wildman–Crippen LogP) is 3.55. The van der Waals surface area contributed by atoms with Gasteiger partial charge in [0.1, 0.15) is 0 Å². The second kappa shape index (κ2) is 20.4. The number of hydrogen-bond acceptors (Lipinski definition) is 3. The molecule has 2 rings (SSSR count). The fourth-order valence-electron chi connectivity index (χ4n) is 3.02. The summed E-state index contributed by atoms with van der Waals surface area (Å²) in [6.45, 7) is 11.0. The molecule has 2 aromatic rings. The van der Waals surface area contributed by atoms with Crippen molar-refractivity contribution in [2.45, 2.75) is 66.7 Å². The quantitative estimate of drug-likeness (QED) is 0.548. The average Bonchev–Trinajstić information content (AvgIpc) is 2.68. The summed E-state index contributed by atoms with van der Waals surface area (Å²) in [5, 5.41) is 8.71. The van der Waals surface area contributed by atoms with Crippen LogP contribution in [0.2, 0.25) is 0 Å². The third kappa shape index (κ3) is 14.5. The van der Waals surface area contributed by atoms with Gasteiger partial charge in [-0.25, -0.2) is 0 Å². The molecule has 0 aliphatic carbocycles. The summed E-state index contributed by atoms with van der Waals surface area (Å²) in [6.07, 6.45) is 5.84. The second-order valence-corrected chi connectivity index (χ2v) is 8.69. The van der Waals surface area contributed by atoms with Gasteiger partial charge in [-0.15, -0.1) is 0 Å². The maximum atomic E-state index is 8.71. The molecule has 0 fully saturated rings. The van der Waals surface area contributed by atoms with Crippen LogP contribution in [0, 0.1) is 27.7 Å². The van der Waals surface area contributed by atoms with Crippen molar-refractivity contribution in [3.63, 3.8) is 0 Å². The number of carbonyl (C=O) groups excluding carboxylic acids is 2. The average molecular weight is 563 g/mol. The van der Waals surface area contributed by atoms with E-state index in [0.29, 0.717) is 0 Å². The molecule has 0 aliphatic heterocycles. The molecule has 0 saturated carbocycles. The first kappa shape index (κ1) is 35.4. The predicted molar refractivity (Wildman–Crippen MR) is 133 cm³/mol. The molecule has 0 spiro atoms. The zero-order valence-corrected chi connectivity index (χ0v) is 24.8. The van der Waals surface area contributed by atoms with Gasteiger partial charge in [0.15, 0.2) is 0 Å². The minimum Gasteiger partial charge on any atom is -1.00 e. The van der Waals surface area contributed by atoms with E-state index in [4.69, 9.17) is 14.7 Å². The molecule has 31 heavy (non-hydrogen) atoms. The van der Waals surface area contributed by atoms with E-state index in [-0.39, 0.29) is 52.2 Å². The first-order valence-corrected chi connectivity index (χ1v) is 11.4. The molecule has 0 aliphatic rings. The molecule has 0 saturated heterocycles. The van der Waals surface area contributed by atoms with Crippen LogP contribution in [0.1, 0.15) is 61.0 Å². The van der Waals surface area contributed by atoms with Gasteiger partial charge in [0, 0.05) is 24.0 Å². The van der Waals surface area contributed by atoms with Crippen LogP contribution < -0.4 is 29.6 Å². The third-order valence-corrected chi connectivity index (χ3v) is 6.94. The van der Waals surface area contributed by atoms with Crippen molar-refractivity contribution < 1.29 is 45.7 Å². The summed E-state index contributed by atoms with van der Waals surface area (Å²) >= 11 is 7.11. The molecule has 0 bridgehead atoms. The number of aliphatic hydroxyl groups is 1. The largest absolute Gasteiger partial charge is 1.00 e. The third-order valence-electron chi connectivity index (χ3n) is 4.44. The van der Waals surface area contributed by atoms with Crippen molar-refractivity contribution >= 4 is 46.4 Å². The van der Waals surface area contributed by atoms with Crippen molar-refractivity contribution in [2.24, 2.45) is 0 Å². The van der Waals surface area contributed by atoms with Crippen LogP contribution in [-0.2, 0) is 22.4 Å². The molecule has 0 atom stereocenters. The zero-order valence-electron chi connectivity index (χ0n) is 20.6. The number of unbranched alkanes of at least 4 members (excludes halogenated alkanes) is 1. The molecule has 0 aromatic heterocycles. The minimum atomic E-state index is 0. The first-order chi connectivity index (χ1) is 13.7. The molecular formula is C24H33BBr2NaO3. The molecular weight excluding hydrogens is 530 g/mol. The van der Waals surface area contributed by atoms with Crippen LogP contribution in [0.3, 0.4) is 0 Å². The van der Waals surface area contributed by atoms with Crippen molar-refractivity contribution in [1.82, 2.24) is 0 Å². The van der Waals surface area contributed by atoms with E-state index in [1.165, 1.54) is 61.6 Å². The van der Waals surface area contributed by atoms with E-state index >= 15 is 0 Å². The van der Waals surface area contributed by atoms with Crippen molar-refractivity contribution in [3.05, 3.63) is 66.6 Å². The van der Waals surface area contributed by atoms with Gasteiger partial charge in [-0.2, -0.15) is 9.59 Å². The molecule has 3 radical (unpaired) electrons.